The Morgan fingerprint density at radius 3 is 1.73 bits per heavy atom. The van der Waals surface area contributed by atoms with Crippen molar-refractivity contribution >= 4 is 44.4 Å². The monoisotopic (exact) mass is 859 g/mol. The average Bonchev–Trinajstić information content (AvgIpc) is 3.88. The molecule has 1 atom stereocenters. The first-order valence-electron chi connectivity index (χ1n) is 23.0. The van der Waals surface area contributed by atoms with E-state index < -0.39 is 0 Å². The topological polar surface area (TPSA) is 48.5 Å². The SMILES string of the molecule is CC1Cc2c(c3ccccc3n2-c2nc(-c3ccccc3)cc(-c3ccccc3)n2)C=C1c1cccc(-c2ccc3c4cnccccccc4n(-c4cccc(-c5ccccc5)c4)c3c2)c1. The second kappa shape index (κ2) is 17.0. The Balaban J connectivity index is 0.991. The molecule has 5 heteroatoms. The van der Waals surface area contributed by atoms with E-state index in [1.165, 1.54) is 44.5 Å². The predicted molar refractivity (Wildman–Crippen MR) is 278 cm³/mol. The van der Waals surface area contributed by atoms with Crippen LogP contribution in [0.2, 0.25) is 0 Å². The number of hydrogen-bond donors (Lipinski definition) is 0. The van der Waals surface area contributed by atoms with Crippen molar-refractivity contribution in [1.29, 1.82) is 0 Å². The largest absolute Gasteiger partial charge is 0.309 e. The second-order valence-electron chi connectivity index (χ2n) is 17.3. The van der Waals surface area contributed by atoms with Gasteiger partial charge in [-0.05, 0) is 100 Å². The van der Waals surface area contributed by atoms with Gasteiger partial charge in [0.05, 0.1) is 27.9 Å². The van der Waals surface area contributed by atoms with E-state index in [0.29, 0.717) is 5.95 Å². The molecule has 1 aliphatic carbocycles. The smallest absolute Gasteiger partial charge is 0.235 e. The molecule has 11 aromatic rings. The van der Waals surface area contributed by atoms with Crippen LogP contribution in [0.25, 0.3) is 101 Å². The summed E-state index contributed by atoms with van der Waals surface area (Å²) < 4.78 is 4.69. The van der Waals surface area contributed by atoms with Crippen molar-refractivity contribution in [1.82, 2.24) is 24.1 Å². The van der Waals surface area contributed by atoms with Crippen molar-refractivity contribution in [3.05, 3.63) is 248 Å². The van der Waals surface area contributed by atoms with Gasteiger partial charge in [-0.3, -0.25) is 9.55 Å². The summed E-state index contributed by atoms with van der Waals surface area (Å²) in [6.07, 6.45) is 7.10. The summed E-state index contributed by atoms with van der Waals surface area (Å²) in [5.74, 6) is 0.916. The van der Waals surface area contributed by atoms with Crippen LogP contribution >= 0.6 is 0 Å². The quantitative estimate of drug-likeness (QED) is 0.160. The standard InChI is InChI=1S/C62H45N5/c1-42-35-60-54(51-29-14-15-31-58(51)67(60)62-64-56(44-21-9-5-10-22-44)40-57(65-62)45-23-11-6-12-24-45)39-53(42)49-27-17-25-46(36-49)48-32-33-52-55-41-63-34-16-3-2-13-30-59(55)66(61(52)38-48)50-28-18-26-47(37-50)43-19-7-4-8-20-43/h2-34,36-42H,35H2,1H3. The van der Waals surface area contributed by atoms with Crippen LogP contribution in [0.4, 0.5) is 0 Å². The van der Waals surface area contributed by atoms with Crippen molar-refractivity contribution in [2.75, 3.05) is 0 Å². The van der Waals surface area contributed by atoms with Gasteiger partial charge < -0.3 is 4.57 Å². The van der Waals surface area contributed by atoms with E-state index >= 15 is 0 Å². The Hall–Kier alpha value is -8.67. The molecule has 0 spiro atoms. The van der Waals surface area contributed by atoms with Crippen LogP contribution in [-0.2, 0) is 6.42 Å². The molecule has 1 aliphatic rings. The van der Waals surface area contributed by atoms with Gasteiger partial charge >= 0.3 is 0 Å². The van der Waals surface area contributed by atoms with Gasteiger partial charge in [-0.2, -0.15) is 0 Å². The highest BCUT2D eigenvalue weighted by atomic mass is 15.2. The molecule has 0 amide bonds. The molecule has 0 N–H and O–H groups in total. The number of fused-ring (bicyclic) bond motifs is 6. The van der Waals surface area contributed by atoms with Gasteiger partial charge in [0.1, 0.15) is 0 Å². The summed E-state index contributed by atoms with van der Waals surface area (Å²) in [5.41, 5.74) is 18.0. The van der Waals surface area contributed by atoms with E-state index in [2.05, 4.69) is 216 Å². The molecule has 0 bridgehead atoms. The predicted octanol–water partition coefficient (Wildman–Crippen LogP) is 15.4. The number of nitrogens with zero attached hydrogens (tertiary/aromatic N) is 5. The fourth-order valence-corrected chi connectivity index (χ4v) is 9.94. The lowest BCUT2D eigenvalue weighted by Gasteiger charge is -2.24. The van der Waals surface area contributed by atoms with E-state index in [1.807, 2.05) is 36.7 Å². The van der Waals surface area contributed by atoms with Crippen LogP contribution in [0, 0.1) is 5.92 Å². The highest BCUT2D eigenvalue weighted by Crippen LogP contribution is 2.42. The van der Waals surface area contributed by atoms with Crippen molar-refractivity contribution in [3.8, 4) is 56.4 Å². The molecular formula is C62H45N5. The zero-order chi connectivity index (χ0) is 44.7. The van der Waals surface area contributed by atoms with Gasteiger partial charge in [0.2, 0.25) is 5.95 Å². The van der Waals surface area contributed by atoms with Crippen molar-refractivity contribution in [2.24, 2.45) is 5.92 Å². The van der Waals surface area contributed by atoms with Crippen molar-refractivity contribution in [2.45, 2.75) is 13.3 Å². The minimum atomic E-state index is 0.232. The van der Waals surface area contributed by atoms with Crippen LogP contribution in [0.15, 0.2) is 231 Å². The summed E-state index contributed by atoms with van der Waals surface area (Å²) >= 11 is 0. The molecule has 0 fully saturated rings. The van der Waals surface area contributed by atoms with E-state index in [9.17, 15) is 0 Å². The van der Waals surface area contributed by atoms with Crippen LogP contribution in [-0.4, -0.2) is 24.1 Å². The lowest BCUT2D eigenvalue weighted by atomic mass is 9.83. The summed E-state index contributed by atoms with van der Waals surface area (Å²) in [5, 5.41) is 3.43. The first kappa shape index (κ1) is 39.9. The van der Waals surface area contributed by atoms with Gasteiger partial charge in [-0.1, -0.05) is 177 Å². The molecule has 0 aliphatic heterocycles. The fraction of sp³-hybridized carbons (Fsp3) is 0.0484. The number of hydrogen-bond acceptors (Lipinski definition) is 3. The Morgan fingerprint density at radius 1 is 0.418 bits per heavy atom. The van der Waals surface area contributed by atoms with Crippen LogP contribution in [0.3, 0.4) is 0 Å². The summed E-state index contributed by atoms with van der Waals surface area (Å²) in [7, 11) is 0. The first-order valence-corrected chi connectivity index (χ1v) is 23.0. The Morgan fingerprint density at radius 2 is 0.985 bits per heavy atom. The molecule has 7 aromatic carbocycles. The summed E-state index contributed by atoms with van der Waals surface area (Å²) in [4.78, 5) is 15.3. The molecule has 1 unspecified atom stereocenters. The van der Waals surface area contributed by atoms with Gasteiger partial charge in [0, 0.05) is 56.6 Å². The Bertz CT molecular complexity index is 3680. The van der Waals surface area contributed by atoms with Crippen LogP contribution < -0.4 is 0 Å². The number of allylic oxidation sites excluding steroid dienone is 1. The molecule has 5 nitrogen and oxygen atoms in total. The maximum absolute atomic E-state index is 5.29. The highest BCUT2D eigenvalue weighted by molar-refractivity contribution is 6.10. The third-order valence-corrected chi connectivity index (χ3v) is 13.1. The van der Waals surface area contributed by atoms with E-state index in [1.54, 1.807) is 0 Å². The number of benzene rings is 7. The summed E-state index contributed by atoms with van der Waals surface area (Å²) in [6.45, 7) is 2.35. The second-order valence-corrected chi connectivity index (χ2v) is 17.3. The molecule has 67 heavy (non-hydrogen) atoms. The van der Waals surface area contributed by atoms with Gasteiger partial charge in [-0.15, -0.1) is 0 Å². The van der Waals surface area contributed by atoms with Crippen molar-refractivity contribution in [3.63, 3.8) is 0 Å². The normalized spacial score (nSPS) is 13.3. The lowest BCUT2D eigenvalue weighted by Crippen LogP contribution is -2.14. The van der Waals surface area contributed by atoms with Gasteiger partial charge in [0.25, 0.3) is 0 Å². The van der Waals surface area contributed by atoms with E-state index in [-0.39, 0.29) is 5.92 Å². The van der Waals surface area contributed by atoms with E-state index in [4.69, 9.17) is 15.0 Å². The molecule has 318 valence electrons. The van der Waals surface area contributed by atoms with Crippen LogP contribution in [0.1, 0.15) is 23.7 Å². The Labute approximate surface area is 390 Å². The molecule has 12 rings (SSSR count). The third-order valence-electron chi connectivity index (χ3n) is 13.1. The summed E-state index contributed by atoms with van der Waals surface area (Å²) in [6, 6.07) is 77.4. The molecule has 0 saturated heterocycles. The van der Waals surface area contributed by atoms with E-state index in [0.717, 1.165) is 67.5 Å². The minimum absolute atomic E-state index is 0.232. The molecule has 4 heterocycles. The number of aromatic nitrogens is 5. The maximum Gasteiger partial charge on any atom is 0.235 e. The number of para-hydroxylation sites is 1. The molecule has 0 radical (unpaired) electrons. The average molecular weight is 860 g/mol. The molecule has 0 saturated carbocycles. The van der Waals surface area contributed by atoms with Gasteiger partial charge in [-0.25, -0.2) is 9.97 Å². The zero-order valence-corrected chi connectivity index (χ0v) is 37.0. The first-order chi connectivity index (χ1) is 33.1. The van der Waals surface area contributed by atoms with Crippen LogP contribution in [0.5, 0.6) is 0 Å². The highest BCUT2D eigenvalue weighted by Gasteiger charge is 2.28. The molecular weight excluding hydrogens is 815 g/mol. The molecule has 4 aromatic heterocycles. The Kier molecular flexibility index (Phi) is 10.1. The van der Waals surface area contributed by atoms with Crippen molar-refractivity contribution < 1.29 is 0 Å². The number of rotatable bonds is 7. The van der Waals surface area contributed by atoms with Gasteiger partial charge in [0.15, 0.2) is 0 Å². The fourth-order valence-electron chi connectivity index (χ4n) is 9.94. The zero-order valence-electron chi connectivity index (χ0n) is 37.0. The minimum Gasteiger partial charge on any atom is -0.309 e. The maximum atomic E-state index is 5.29. The third kappa shape index (κ3) is 7.37. The lowest BCUT2D eigenvalue weighted by molar-refractivity contribution is 0.701.